The van der Waals surface area contributed by atoms with Crippen LogP contribution in [0.4, 0.5) is 0 Å². The van der Waals surface area contributed by atoms with Crippen LogP contribution in [-0.2, 0) is 17.8 Å². The minimum Gasteiger partial charge on any atom is -0.380 e. The van der Waals surface area contributed by atoms with Gasteiger partial charge in [-0.1, -0.05) is 0 Å². The standard InChI is InChI=1S/C10H19N3OS/c1-3-14-5-4-13(2)7-9-8-15-10(6-11)12-9/h8H,3-7,11H2,1-2H3. The Bertz CT molecular complexity index is 277. The van der Waals surface area contributed by atoms with Crippen LogP contribution >= 0.6 is 11.3 Å². The Morgan fingerprint density at radius 2 is 2.40 bits per heavy atom. The third kappa shape index (κ3) is 4.70. The minimum atomic E-state index is 0.535. The molecule has 0 aliphatic carbocycles. The predicted molar refractivity (Wildman–Crippen MR) is 62.8 cm³/mol. The molecule has 1 rings (SSSR count). The summed E-state index contributed by atoms with van der Waals surface area (Å²) in [6.07, 6.45) is 0. The molecule has 0 bridgehead atoms. The largest absolute Gasteiger partial charge is 0.380 e. The number of nitrogens with two attached hydrogens (primary N) is 1. The van der Waals surface area contributed by atoms with E-state index in [9.17, 15) is 0 Å². The van der Waals surface area contributed by atoms with E-state index in [0.29, 0.717) is 6.54 Å². The third-order valence-corrected chi connectivity index (χ3v) is 2.95. The maximum Gasteiger partial charge on any atom is 0.106 e. The molecule has 1 heterocycles. The van der Waals surface area contributed by atoms with Gasteiger partial charge in [-0.3, -0.25) is 4.90 Å². The van der Waals surface area contributed by atoms with Crippen LogP contribution in [-0.4, -0.2) is 36.7 Å². The van der Waals surface area contributed by atoms with E-state index >= 15 is 0 Å². The molecule has 0 amide bonds. The first kappa shape index (κ1) is 12.6. The molecule has 0 spiro atoms. The second-order valence-corrected chi connectivity index (χ2v) is 4.31. The van der Waals surface area contributed by atoms with Crippen molar-refractivity contribution in [2.45, 2.75) is 20.0 Å². The lowest BCUT2D eigenvalue weighted by molar-refractivity contribution is 0.120. The first-order chi connectivity index (χ1) is 7.26. The zero-order valence-electron chi connectivity index (χ0n) is 9.40. The summed E-state index contributed by atoms with van der Waals surface area (Å²) in [6.45, 7) is 5.90. The maximum atomic E-state index is 5.51. The fourth-order valence-electron chi connectivity index (χ4n) is 1.24. The lowest BCUT2D eigenvalue weighted by atomic mass is 10.4. The number of likely N-dealkylation sites (N-methyl/N-ethyl adjacent to an activating group) is 1. The number of hydrogen-bond donors (Lipinski definition) is 1. The van der Waals surface area contributed by atoms with Crippen LogP contribution in [0, 0.1) is 0 Å². The molecule has 4 nitrogen and oxygen atoms in total. The van der Waals surface area contributed by atoms with Crippen LogP contribution in [0.25, 0.3) is 0 Å². The summed E-state index contributed by atoms with van der Waals surface area (Å²) >= 11 is 1.63. The van der Waals surface area contributed by atoms with Gasteiger partial charge in [0.1, 0.15) is 5.01 Å². The highest BCUT2D eigenvalue weighted by Crippen LogP contribution is 2.10. The van der Waals surface area contributed by atoms with Crippen molar-refractivity contribution in [3.63, 3.8) is 0 Å². The van der Waals surface area contributed by atoms with E-state index in [4.69, 9.17) is 10.5 Å². The average molecular weight is 229 g/mol. The molecule has 5 heteroatoms. The molecule has 0 unspecified atom stereocenters. The SMILES string of the molecule is CCOCCN(C)Cc1csc(CN)n1. The Morgan fingerprint density at radius 1 is 1.60 bits per heavy atom. The smallest absolute Gasteiger partial charge is 0.106 e. The summed E-state index contributed by atoms with van der Waals surface area (Å²) < 4.78 is 5.29. The van der Waals surface area contributed by atoms with E-state index in [1.165, 1.54) is 0 Å². The summed E-state index contributed by atoms with van der Waals surface area (Å²) in [7, 11) is 2.07. The predicted octanol–water partition coefficient (Wildman–Crippen LogP) is 1.07. The molecule has 86 valence electrons. The average Bonchev–Trinajstić information content (AvgIpc) is 2.66. The molecule has 2 N–H and O–H groups in total. The fourth-order valence-corrected chi connectivity index (χ4v) is 1.90. The summed E-state index contributed by atoms with van der Waals surface area (Å²) in [5.74, 6) is 0. The summed E-state index contributed by atoms with van der Waals surface area (Å²) in [5.41, 5.74) is 6.60. The maximum absolute atomic E-state index is 5.51. The first-order valence-electron chi connectivity index (χ1n) is 5.16. The van der Waals surface area contributed by atoms with Crippen LogP contribution in [0.1, 0.15) is 17.6 Å². The molecule has 0 aliphatic rings. The van der Waals surface area contributed by atoms with Crippen LogP contribution in [0.2, 0.25) is 0 Å². The molecule has 15 heavy (non-hydrogen) atoms. The van der Waals surface area contributed by atoms with Crippen molar-refractivity contribution in [3.8, 4) is 0 Å². The van der Waals surface area contributed by atoms with E-state index in [-0.39, 0.29) is 0 Å². The number of nitrogens with zero attached hydrogens (tertiary/aromatic N) is 2. The zero-order chi connectivity index (χ0) is 11.1. The molecular formula is C10H19N3OS. The van der Waals surface area contributed by atoms with Gasteiger partial charge in [0.2, 0.25) is 0 Å². The molecule has 0 radical (unpaired) electrons. The van der Waals surface area contributed by atoms with E-state index < -0.39 is 0 Å². The summed E-state index contributed by atoms with van der Waals surface area (Å²) in [5, 5.41) is 3.07. The normalized spacial score (nSPS) is 11.2. The quantitative estimate of drug-likeness (QED) is 0.711. The van der Waals surface area contributed by atoms with Crippen molar-refractivity contribution in [1.82, 2.24) is 9.88 Å². The van der Waals surface area contributed by atoms with E-state index in [1.807, 2.05) is 6.92 Å². The molecule has 0 aliphatic heterocycles. The second kappa shape index (κ2) is 6.90. The van der Waals surface area contributed by atoms with Gasteiger partial charge in [0.05, 0.1) is 12.3 Å². The van der Waals surface area contributed by atoms with Gasteiger partial charge in [-0.25, -0.2) is 4.98 Å². The van der Waals surface area contributed by atoms with Gasteiger partial charge < -0.3 is 10.5 Å². The van der Waals surface area contributed by atoms with Crippen LogP contribution in [0.3, 0.4) is 0 Å². The van der Waals surface area contributed by atoms with Gasteiger partial charge in [-0.2, -0.15) is 0 Å². The van der Waals surface area contributed by atoms with Crippen LogP contribution in [0.5, 0.6) is 0 Å². The van der Waals surface area contributed by atoms with Crippen molar-refractivity contribution in [1.29, 1.82) is 0 Å². The molecule has 0 fully saturated rings. The number of aromatic nitrogens is 1. The van der Waals surface area contributed by atoms with Gasteiger partial charge in [-0.05, 0) is 14.0 Å². The van der Waals surface area contributed by atoms with Crippen LogP contribution in [0.15, 0.2) is 5.38 Å². The highest BCUT2D eigenvalue weighted by Gasteiger charge is 2.04. The van der Waals surface area contributed by atoms with Crippen molar-refractivity contribution in [3.05, 3.63) is 16.1 Å². The number of hydrogen-bond acceptors (Lipinski definition) is 5. The van der Waals surface area contributed by atoms with Crippen molar-refractivity contribution < 1.29 is 4.74 Å². The monoisotopic (exact) mass is 229 g/mol. The topological polar surface area (TPSA) is 51.4 Å². The minimum absolute atomic E-state index is 0.535. The molecule has 0 saturated heterocycles. The summed E-state index contributed by atoms with van der Waals surface area (Å²) in [4.78, 5) is 6.61. The van der Waals surface area contributed by atoms with E-state index in [2.05, 4.69) is 22.3 Å². The Labute approximate surface area is 95.1 Å². The third-order valence-electron chi connectivity index (χ3n) is 2.03. The number of rotatable bonds is 7. The van der Waals surface area contributed by atoms with Gasteiger partial charge in [0.25, 0.3) is 0 Å². The van der Waals surface area contributed by atoms with Gasteiger partial charge >= 0.3 is 0 Å². The Hall–Kier alpha value is -0.490. The highest BCUT2D eigenvalue weighted by atomic mass is 32.1. The Kier molecular flexibility index (Phi) is 5.78. The first-order valence-corrected chi connectivity index (χ1v) is 6.03. The zero-order valence-corrected chi connectivity index (χ0v) is 10.2. The van der Waals surface area contributed by atoms with Gasteiger partial charge in [-0.15, -0.1) is 11.3 Å². The number of ether oxygens (including phenoxy) is 1. The molecule has 0 atom stereocenters. The van der Waals surface area contributed by atoms with Crippen molar-refractivity contribution in [2.75, 3.05) is 26.8 Å². The summed E-state index contributed by atoms with van der Waals surface area (Å²) in [6, 6.07) is 0. The number of thiazole rings is 1. The van der Waals surface area contributed by atoms with E-state index in [0.717, 1.165) is 37.0 Å². The highest BCUT2D eigenvalue weighted by molar-refractivity contribution is 7.09. The second-order valence-electron chi connectivity index (χ2n) is 3.37. The molecular weight excluding hydrogens is 210 g/mol. The molecule has 1 aromatic rings. The molecule has 0 aromatic carbocycles. The van der Waals surface area contributed by atoms with Gasteiger partial charge in [0.15, 0.2) is 0 Å². The van der Waals surface area contributed by atoms with Crippen LogP contribution < -0.4 is 5.73 Å². The lowest BCUT2D eigenvalue weighted by Crippen LogP contribution is -2.23. The van der Waals surface area contributed by atoms with E-state index in [1.54, 1.807) is 11.3 Å². The van der Waals surface area contributed by atoms with Crippen molar-refractivity contribution in [2.24, 2.45) is 5.73 Å². The van der Waals surface area contributed by atoms with Gasteiger partial charge in [0, 0.05) is 31.6 Å². The van der Waals surface area contributed by atoms with Crippen molar-refractivity contribution >= 4 is 11.3 Å². The molecule has 1 aromatic heterocycles. The Balaban J connectivity index is 2.27. The lowest BCUT2D eigenvalue weighted by Gasteiger charge is -2.14. The molecule has 0 saturated carbocycles. The Morgan fingerprint density at radius 3 is 3.00 bits per heavy atom. The fraction of sp³-hybridized carbons (Fsp3) is 0.700.